The molecule has 0 spiro atoms. The minimum atomic E-state index is -0.106. The number of rotatable bonds is 3. The van der Waals surface area contributed by atoms with Crippen molar-refractivity contribution in [1.29, 1.82) is 0 Å². The molecule has 3 nitrogen and oxygen atoms in total. The van der Waals surface area contributed by atoms with Crippen LogP contribution in [-0.4, -0.2) is 12.1 Å². The summed E-state index contributed by atoms with van der Waals surface area (Å²) in [6.45, 7) is 0. The first-order chi connectivity index (χ1) is 10.3. The second-order valence-corrected chi connectivity index (χ2v) is 5.49. The van der Waals surface area contributed by atoms with Crippen molar-refractivity contribution in [2.45, 2.75) is 31.7 Å². The third-order valence-electron chi connectivity index (χ3n) is 3.95. The van der Waals surface area contributed by atoms with Crippen LogP contribution >= 0.6 is 0 Å². The number of hydrogen-bond acceptors (Lipinski definition) is 1. The molecule has 2 aromatic rings. The Labute approximate surface area is 125 Å². The van der Waals surface area contributed by atoms with E-state index < -0.39 is 0 Å². The maximum absolute atomic E-state index is 12.1. The lowest BCUT2D eigenvalue weighted by atomic mass is 10.0. The molecule has 0 atom stereocenters. The van der Waals surface area contributed by atoms with Crippen molar-refractivity contribution >= 4 is 11.7 Å². The summed E-state index contributed by atoms with van der Waals surface area (Å²) in [5, 5.41) is 6.04. The molecule has 0 aromatic heterocycles. The van der Waals surface area contributed by atoms with E-state index in [1.807, 2.05) is 42.5 Å². The Bertz CT molecular complexity index is 604. The smallest absolute Gasteiger partial charge is 0.319 e. The highest BCUT2D eigenvalue weighted by Gasteiger charge is 2.17. The van der Waals surface area contributed by atoms with Crippen LogP contribution in [0.25, 0.3) is 11.1 Å². The second kappa shape index (κ2) is 6.44. The molecule has 3 heteroatoms. The summed E-state index contributed by atoms with van der Waals surface area (Å²) < 4.78 is 0. The Morgan fingerprint density at radius 3 is 2.33 bits per heavy atom. The fraction of sp³-hybridized carbons (Fsp3) is 0.278. The Morgan fingerprint density at radius 2 is 1.57 bits per heavy atom. The molecule has 0 aliphatic heterocycles. The number of carbonyl (C=O) groups excluding carboxylic acids is 1. The summed E-state index contributed by atoms with van der Waals surface area (Å²) in [7, 11) is 0. The van der Waals surface area contributed by atoms with Gasteiger partial charge in [-0.1, -0.05) is 61.4 Å². The standard InChI is InChI=1S/C18H20N2O/c21-18(19-15-10-4-5-11-15)20-17-13-7-6-12-16(17)14-8-2-1-3-9-14/h1-3,6-9,12-13,15H,4-5,10-11H2,(H2,19,20,21). The first kappa shape index (κ1) is 13.7. The maximum atomic E-state index is 12.1. The van der Waals surface area contributed by atoms with Crippen LogP contribution in [0.2, 0.25) is 0 Å². The van der Waals surface area contributed by atoms with E-state index in [4.69, 9.17) is 0 Å². The molecule has 21 heavy (non-hydrogen) atoms. The highest BCUT2D eigenvalue weighted by atomic mass is 16.2. The first-order valence-electron chi connectivity index (χ1n) is 7.55. The molecule has 2 aromatic carbocycles. The van der Waals surface area contributed by atoms with Gasteiger partial charge >= 0.3 is 6.03 Å². The SMILES string of the molecule is O=C(Nc1ccccc1-c1ccccc1)NC1CCCC1. The molecule has 3 rings (SSSR count). The fourth-order valence-electron chi connectivity index (χ4n) is 2.88. The summed E-state index contributed by atoms with van der Waals surface area (Å²) in [5.41, 5.74) is 2.99. The largest absolute Gasteiger partial charge is 0.335 e. The van der Waals surface area contributed by atoms with E-state index in [9.17, 15) is 4.79 Å². The lowest BCUT2D eigenvalue weighted by molar-refractivity contribution is 0.248. The van der Waals surface area contributed by atoms with Crippen LogP contribution < -0.4 is 10.6 Å². The molecule has 1 fully saturated rings. The molecule has 1 saturated carbocycles. The van der Waals surface area contributed by atoms with E-state index in [1.165, 1.54) is 12.8 Å². The van der Waals surface area contributed by atoms with Gasteiger partial charge < -0.3 is 10.6 Å². The quantitative estimate of drug-likeness (QED) is 0.858. The zero-order chi connectivity index (χ0) is 14.5. The van der Waals surface area contributed by atoms with Gasteiger partial charge in [-0.05, 0) is 24.5 Å². The van der Waals surface area contributed by atoms with Gasteiger partial charge in [-0.3, -0.25) is 0 Å². The van der Waals surface area contributed by atoms with Crippen LogP contribution in [0.3, 0.4) is 0 Å². The molecular weight excluding hydrogens is 260 g/mol. The normalized spacial score (nSPS) is 14.9. The average molecular weight is 280 g/mol. The van der Waals surface area contributed by atoms with Crippen molar-refractivity contribution < 1.29 is 4.79 Å². The van der Waals surface area contributed by atoms with Crippen molar-refractivity contribution in [3.63, 3.8) is 0 Å². The van der Waals surface area contributed by atoms with Crippen LogP contribution in [-0.2, 0) is 0 Å². The highest BCUT2D eigenvalue weighted by molar-refractivity contribution is 5.94. The monoisotopic (exact) mass is 280 g/mol. The molecule has 2 amide bonds. The van der Waals surface area contributed by atoms with E-state index >= 15 is 0 Å². The van der Waals surface area contributed by atoms with E-state index in [2.05, 4.69) is 22.8 Å². The zero-order valence-corrected chi connectivity index (χ0v) is 12.0. The van der Waals surface area contributed by atoms with Crippen LogP contribution in [0.1, 0.15) is 25.7 Å². The van der Waals surface area contributed by atoms with Crippen LogP contribution in [0, 0.1) is 0 Å². The molecule has 0 radical (unpaired) electrons. The number of nitrogens with one attached hydrogen (secondary N) is 2. The molecule has 0 saturated heterocycles. The molecular formula is C18H20N2O. The Hall–Kier alpha value is -2.29. The maximum Gasteiger partial charge on any atom is 0.319 e. The Kier molecular flexibility index (Phi) is 4.20. The van der Waals surface area contributed by atoms with Gasteiger partial charge in [0.15, 0.2) is 0 Å². The third kappa shape index (κ3) is 3.43. The van der Waals surface area contributed by atoms with Crippen LogP contribution in [0.4, 0.5) is 10.5 Å². The predicted octanol–water partition coefficient (Wildman–Crippen LogP) is 4.42. The van der Waals surface area contributed by atoms with Crippen LogP contribution in [0.15, 0.2) is 54.6 Å². The minimum absolute atomic E-state index is 0.106. The Balaban J connectivity index is 1.74. The molecule has 0 bridgehead atoms. The van der Waals surface area contributed by atoms with Crippen molar-refractivity contribution in [3.8, 4) is 11.1 Å². The predicted molar refractivity (Wildman–Crippen MR) is 86.3 cm³/mol. The van der Waals surface area contributed by atoms with Gasteiger partial charge in [0.1, 0.15) is 0 Å². The topological polar surface area (TPSA) is 41.1 Å². The molecule has 1 aliphatic rings. The van der Waals surface area contributed by atoms with E-state index in [-0.39, 0.29) is 6.03 Å². The summed E-state index contributed by atoms with van der Waals surface area (Å²) >= 11 is 0. The number of amides is 2. The van der Waals surface area contributed by atoms with Gasteiger partial charge in [-0.25, -0.2) is 4.79 Å². The van der Waals surface area contributed by atoms with Crippen molar-refractivity contribution in [2.24, 2.45) is 0 Å². The number of para-hydroxylation sites is 1. The highest BCUT2D eigenvalue weighted by Crippen LogP contribution is 2.27. The number of carbonyl (C=O) groups is 1. The van der Waals surface area contributed by atoms with Crippen molar-refractivity contribution in [3.05, 3.63) is 54.6 Å². The van der Waals surface area contributed by atoms with Gasteiger partial charge in [0.2, 0.25) is 0 Å². The lowest BCUT2D eigenvalue weighted by Crippen LogP contribution is -2.36. The Morgan fingerprint density at radius 1 is 0.905 bits per heavy atom. The van der Waals surface area contributed by atoms with Gasteiger partial charge in [0, 0.05) is 11.6 Å². The first-order valence-corrected chi connectivity index (χ1v) is 7.55. The second-order valence-electron chi connectivity index (χ2n) is 5.49. The number of urea groups is 1. The summed E-state index contributed by atoms with van der Waals surface area (Å²) in [4.78, 5) is 12.1. The van der Waals surface area contributed by atoms with E-state index in [0.717, 1.165) is 29.7 Å². The summed E-state index contributed by atoms with van der Waals surface area (Å²) in [6.07, 6.45) is 4.61. The minimum Gasteiger partial charge on any atom is -0.335 e. The van der Waals surface area contributed by atoms with Gasteiger partial charge in [0.25, 0.3) is 0 Å². The molecule has 0 unspecified atom stereocenters. The summed E-state index contributed by atoms with van der Waals surface area (Å²) in [5.74, 6) is 0. The van der Waals surface area contributed by atoms with Crippen molar-refractivity contribution in [2.75, 3.05) is 5.32 Å². The number of benzene rings is 2. The lowest BCUT2D eigenvalue weighted by Gasteiger charge is -2.15. The molecule has 0 heterocycles. The summed E-state index contributed by atoms with van der Waals surface area (Å²) in [6, 6.07) is 18.2. The van der Waals surface area contributed by atoms with Crippen LogP contribution in [0.5, 0.6) is 0 Å². The number of anilines is 1. The molecule has 1 aliphatic carbocycles. The fourth-order valence-corrected chi connectivity index (χ4v) is 2.88. The van der Waals surface area contributed by atoms with Gasteiger partial charge in [-0.2, -0.15) is 0 Å². The van der Waals surface area contributed by atoms with E-state index in [1.54, 1.807) is 0 Å². The third-order valence-corrected chi connectivity index (χ3v) is 3.95. The zero-order valence-electron chi connectivity index (χ0n) is 12.0. The molecule has 2 N–H and O–H groups in total. The average Bonchev–Trinajstić information content (AvgIpc) is 3.01. The van der Waals surface area contributed by atoms with Crippen molar-refractivity contribution in [1.82, 2.24) is 5.32 Å². The van der Waals surface area contributed by atoms with E-state index in [0.29, 0.717) is 6.04 Å². The number of hydrogen-bond donors (Lipinski definition) is 2. The van der Waals surface area contributed by atoms with Gasteiger partial charge in [0.05, 0.1) is 5.69 Å². The molecule has 108 valence electrons. The van der Waals surface area contributed by atoms with Gasteiger partial charge in [-0.15, -0.1) is 0 Å².